The highest BCUT2D eigenvalue weighted by molar-refractivity contribution is 6.32. The van der Waals surface area contributed by atoms with Gasteiger partial charge < -0.3 is 0 Å². The standard InChI is InChI=1S/C21H12ClF3N2/c1-11-18(14-7-6-12-4-2-3-5-13(12)8-14)20(21(22)27-26-11)19-16(24)9-15(23)10-17(19)25/h2-10H,1H3. The Kier molecular flexibility index (Phi) is 4.32. The first-order chi connectivity index (χ1) is 13.0. The Morgan fingerprint density at radius 2 is 1.41 bits per heavy atom. The van der Waals surface area contributed by atoms with Crippen LogP contribution >= 0.6 is 11.6 Å². The molecule has 0 radical (unpaired) electrons. The summed E-state index contributed by atoms with van der Waals surface area (Å²) in [5.41, 5.74) is 1.20. The molecule has 0 unspecified atom stereocenters. The maximum absolute atomic E-state index is 14.5. The van der Waals surface area contributed by atoms with Crippen molar-refractivity contribution in [1.82, 2.24) is 10.2 Å². The largest absolute Gasteiger partial charge is 0.207 e. The van der Waals surface area contributed by atoms with Crippen LogP contribution in [0.2, 0.25) is 5.15 Å². The average molecular weight is 385 g/mol. The zero-order valence-corrected chi connectivity index (χ0v) is 14.9. The van der Waals surface area contributed by atoms with Gasteiger partial charge in [0.1, 0.15) is 17.5 Å². The second-order valence-corrected chi connectivity index (χ2v) is 6.49. The van der Waals surface area contributed by atoms with Crippen LogP contribution in [0.5, 0.6) is 0 Å². The zero-order valence-electron chi connectivity index (χ0n) is 14.1. The Hall–Kier alpha value is -2.92. The lowest BCUT2D eigenvalue weighted by Gasteiger charge is -2.15. The fourth-order valence-electron chi connectivity index (χ4n) is 3.21. The third kappa shape index (κ3) is 3.04. The van der Waals surface area contributed by atoms with Gasteiger partial charge in [-0.1, -0.05) is 48.0 Å². The van der Waals surface area contributed by atoms with Crippen molar-refractivity contribution in [3.63, 3.8) is 0 Å². The lowest BCUT2D eigenvalue weighted by molar-refractivity contribution is 0.548. The molecule has 134 valence electrons. The summed E-state index contributed by atoms with van der Waals surface area (Å²) in [6, 6.07) is 14.6. The topological polar surface area (TPSA) is 25.8 Å². The number of aromatic nitrogens is 2. The molecule has 1 aromatic heterocycles. The lowest BCUT2D eigenvalue weighted by Crippen LogP contribution is -2.01. The van der Waals surface area contributed by atoms with Crippen LogP contribution in [0.1, 0.15) is 5.69 Å². The van der Waals surface area contributed by atoms with Gasteiger partial charge in [-0.2, -0.15) is 5.10 Å². The van der Waals surface area contributed by atoms with Crippen molar-refractivity contribution in [3.05, 3.63) is 82.9 Å². The van der Waals surface area contributed by atoms with Gasteiger partial charge in [-0.3, -0.25) is 0 Å². The Morgan fingerprint density at radius 1 is 0.741 bits per heavy atom. The quantitative estimate of drug-likeness (QED) is 0.403. The number of nitrogens with zero attached hydrogens (tertiary/aromatic N) is 2. The van der Waals surface area contributed by atoms with Crippen molar-refractivity contribution in [2.45, 2.75) is 6.92 Å². The zero-order chi connectivity index (χ0) is 19.1. The molecule has 0 atom stereocenters. The van der Waals surface area contributed by atoms with E-state index in [1.54, 1.807) is 6.92 Å². The van der Waals surface area contributed by atoms with Gasteiger partial charge in [-0.25, -0.2) is 13.2 Å². The fraction of sp³-hybridized carbons (Fsp3) is 0.0476. The molecule has 0 saturated heterocycles. The second-order valence-electron chi connectivity index (χ2n) is 6.13. The normalized spacial score (nSPS) is 11.1. The van der Waals surface area contributed by atoms with Crippen LogP contribution in [0.25, 0.3) is 33.0 Å². The van der Waals surface area contributed by atoms with Crippen LogP contribution in [-0.4, -0.2) is 10.2 Å². The van der Waals surface area contributed by atoms with E-state index in [1.807, 2.05) is 42.5 Å². The average Bonchev–Trinajstić information content (AvgIpc) is 2.63. The molecule has 0 N–H and O–H groups in total. The maximum atomic E-state index is 14.5. The summed E-state index contributed by atoms with van der Waals surface area (Å²) < 4.78 is 42.3. The summed E-state index contributed by atoms with van der Waals surface area (Å²) in [7, 11) is 0. The van der Waals surface area contributed by atoms with Crippen molar-refractivity contribution in [1.29, 1.82) is 0 Å². The minimum absolute atomic E-state index is 0.0504. The summed E-state index contributed by atoms with van der Waals surface area (Å²) >= 11 is 6.19. The third-order valence-corrected chi connectivity index (χ3v) is 4.67. The molecule has 27 heavy (non-hydrogen) atoms. The first-order valence-electron chi connectivity index (χ1n) is 8.12. The van der Waals surface area contributed by atoms with E-state index in [9.17, 15) is 13.2 Å². The highest BCUT2D eigenvalue weighted by Crippen LogP contribution is 2.41. The number of fused-ring (bicyclic) bond motifs is 1. The van der Waals surface area contributed by atoms with Gasteiger partial charge in [-0.05, 0) is 29.3 Å². The highest BCUT2D eigenvalue weighted by atomic mass is 35.5. The summed E-state index contributed by atoms with van der Waals surface area (Å²) in [6.07, 6.45) is 0. The molecule has 0 aliphatic carbocycles. The van der Waals surface area contributed by atoms with Gasteiger partial charge in [0.15, 0.2) is 5.15 Å². The Balaban J connectivity index is 2.06. The molecule has 0 fully saturated rings. The van der Waals surface area contributed by atoms with Crippen LogP contribution in [0.3, 0.4) is 0 Å². The molecule has 0 spiro atoms. The number of hydrogen-bond donors (Lipinski definition) is 0. The van der Waals surface area contributed by atoms with Crippen molar-refractivity contribution in [2.24, 2.45) is 0 Å². The molecule has 3 aromatic carbocycles. The molecule has 2 nitrogen and oxygen atoms in total. The van der Waals surface area contributed by atoms with Crippen LogP contribution in [0, 0.1) is 24.4 Å². The second kappa shape index (κ2) is 6.67. The van der Waals surface area contributed by atoms with Crippen molar-refractivity contribution >= 4 is 22.4 Å². The van der Waals surface area contributed by atoms with E-state index in [2.05, 4.69) is 10.2 Å². The molecule has 0 saturated carbocycles. The van der Waals surface area contributed by atoms with E-state index in [1.165, 1.54) is 0 Å². The van der Waals surface area contributed by atoms with E-state index in [0.717, 1.165) is 10.8 Å². The molecular weight excluding hydrogens is 373 g/mol. The van der Waals surface area contributed by atoms with Crippen molar-refractivity contribution in [3.8, 4) is 22.3 Å². The van der Waals surface area contributed by atoms with Gasteiger partial charge in [0.2, 0.25) is 0 Å². The minimum Gasteiger partial charge on any atom is -0.207 e. The first kappa shape index (κ1) is 17.5. The summed E-state index contributed by atoms with van der Waals surface area (Å²) in [5, 5.41) is 9.61. The molecule has 1 heterocycles. The van der Waals surface area contributed by atoms with Crippen molar-refractivity contribution in [2.75, 3.05) is 0 Å². The van der Waals surface area contributed by atoms with Gasteiger partial charge in [-0.15, -0.1) is 5.10 Å². The molecule has 4 rings (SSSR count). The maximum Gasteiger partial charge on any atom is 0.160 e. The summed E-state index contributed by atoms with van der Waals surface area (Å²) in [5.74, 6) is -3.11. The summed E-state index contributed by atoms with van der Waals surface area (Å²) in [6.45, 7) is 1.68. The molecule has 6 heteroatoms. The Morgan fingerprint density at radius 3 is 2.11 bits per heavy atom. The highest BCUT2D eigenvalue weighted by Gasteiger charge is 2.23. The predicted molar refractivity (Wildman–Crippen MR) is 100 cm³/mol. The SMILES string of the molecule is Cc1nnc(Cl)c(-c2c(F)cc(F)cc2F)c1-c1ccc2ccccc2c1. The number of benzene rings is 3. The monoisotopic (exact) mass is 384 g/mol. The Bertz CT molecular complexity index is 1170. The van der Waals surface area contributed by atoms with Gasteiger partial charge in [0.25, 0.3) is 0 Å². The number of hydrogen-bond acceptors (Lipinski definition) is 2. The van der Waals surface area contributed by atoms with Crippen LogP contribution in [0.15, 0.2) is 54.6 Å². The van der Waals surface area contributed by atoms with Gasteiger partial charge in [0.05, 0.1) is 11.3 Å². The molecule has 4 aromatic rings. The lowest BCUT2D eigenvalue weighted by atomic mass is 9.93. The van der Waals surface area contributed by atoms with Gasteiger partial charge >= 0.3 is 0 Å². The Labute approximate surface area is 158 Å². The predicted octanol–water partition coefficient (Wildman–Crippen LogP) is 6.34. The summed E-state index contributed by atoms with van der Waals surface area (Å²) in [4.78, 5) is 0. The first-order valence-corrected chi connectivity index (χ1v) is 8.50. The van der Waals surface area contributed by atoms with Crippen molar-refractivity contribution < 1.29 is 13.2 Å². The molecule has 0 amide bonds. The van der Waals surface area contributed by atoms with E-state index in [-0.39, 0.29) is 10.7 Å². The van der Waals surface area contributed by atoms with E-state index in [4.69, 9.17) is 11.6 Å². The molecule has 0 bridgehead atoms. The number of rotatable bonds is 2. The van der Waals surface area contributed by atoms with Gasteiger partial charge in [0, 0.05) is 23.3 Å². The molecule has 0 aliphatic rings. The number of halogens is 4. The molecule has 0 aliphatic heterocycles. The van der Waals surface area contributed by atoms with Crippen LogP contribution in [0.4, 0.5) is 13.2 Å². The number of aryl methyl sites for hydroxylation is 1. The fourth-order valence-corrected chi connectivity index (χ4v) is 3.44. The van der Waals surface area contributed by atoms with E-state index in [0.29, 0.717) is 29.0 Å². The molecular formula is C21H12ClF3N2. The van der Waals surface area contributed by atoms with Crippen LogP contribution < -0.4 is 0 Å². The smallest absolute Gasteiger partial charge is 0.160 e. The van der Waals surface area contributed by atoms with E-state index >= 15 is 0 Å². The van der Waals surface area contributed by atoms with Crippen LogP contribution in [-0.2, 0) is 0 Å². The third-order valence-electron chi connectivity index (χ3n) is 4.40. The van der Waals surface area contributed by atoms with E-state index < -0.39 is 23.0 Å². The minimum atomic E-state index is -1.05.